The van der Waals surface area contributed by atoms with Crippen LogP contribution in [0.2, 0.25) is 0 Å². The van der Waals surface area contributed by atoms with Crippen molar-refractivity contribution in [3.8, 4) is 0 Å². The van der Waals surface area contributed by atoms with Crippen LogP contribution in [0.1, 0.15) is 23.2 Å². The lowest BCUT2D eigenvalue weighted by Crippen LogP contribution is -2.51. The van der Waals surface area contributed by atoms with Crippen molar-refractivity contribution in [1.82, 2.24) is 9.80 Å². The van der Waals surface area contributed by atoms with E-state index in [1.807, 2.05) is 52.3 Å². The lowest BCUT2D eigenvalue weighted by molar-refractivity contribution is -0.134. The fraction of sp³-hybridized carbons (Fsp3) is 0.368. The molecule has 4 heteroatoms. The van der Waals surface area contributed by atoms with Gasteiger partial charge in [0.05, 0.1) is 0 Å². The molecule has 1 aliphatic heterocycles. The maximum absolute atomic E-state index is 12.7. The van der Waals surface area contributed by atoms with E-state index >= 15 is 0 Å². The van der Waals surface area contributed by atoms with E-state index in [2.05, 4.69) is 0 Å². The number of carbonyl (C=O) groups excluding carboxylic acids is 2. The number of fused-ring (bicyclic) bond motifs is 1. The van der Waals surface area contributed by atoms with Crippen molar-refractivity contribution in [2.24, 2.45) is 5.92 Å². The summed E-state index contributed by atoms with van der Waals surface area (Å²) >= 11 is 0. The van der Waals surface area contributed by atoms with Crippen LogP contribution >= 0.6 is 0 Å². The van der Waals surface area contributed by atoms with Gasteiger partial charge in [0, 0.05) is 37.7 Å². The lowest BCUT2D eigenvalue weighted by Gasteiger charge is -2.35. The molecule has 0 bridgehead atoms. The number of nitrogens with zero attached hydrogens (tertiary/aromatic N) is 2. The fourth-order valence-corrected chi connectivity index (χ4v) is 3.22. The summed E-state index contributed by atoms with van der Waals surface area (Å²) in [6.45, 7) is 2.58. The fourth-order valence-electron chi connectivity index (χ4n) is 3.22. The quantitative estimate of drug-likeness (QED) is 0.855. The maximum atomic E-state index is 12.7. The zero-order valence-electron chi connectivity index (χ0n) is 13.1. The highest BCUT2D eigenvalue weighted by Gasteiger charge is 2.35. The Morgan fingerprint density at radius 1 is 0.826 bits per heavy atom. The van der Waals surface area contributed by atoms with Crippen LogP contribution in [-0.2, 0) is 4.79 Å². The molecule has 1 saturated heterocycles. The first-order chi connectivity index (χ1) is 11.2. The molecule has 2 amide bonds. The van der Waals surface area contributed by atoms with Crippen LogP contribution in [0, 0.1) is 5.92 Å². The molecule has 1 saturated carbocycles. The molecule has 0 aromatic heterocycles. The van der Waals surface area contributed by atoms with Crippen LogP contribution in [0.15, 0.2) is 42.5 Å². The molecule has 4 rings (SSSR count). The van der Waals surface area contributed by atoms with Crippen molar-refractivity contribution >= 4 is 22.6 Å². The standard InChI is InChI=1S/C19H20N2O2/c22-18(15-6-7-15)20-9-11-21(12-10-20)19(23)17-8-5-14-3-1-2-4-16(14)13-17/h1-5,8,13,15H,6-7,9-12H2. The topological polar surface area (TPSA) is 40.6 Å². The second-order valence-electron chi connectivity index (χ2n) is 6.45. The third-order valence-corrected chi connectivity index (χ3v) is 4.80. The zero-order valence-corrected chi connectivity index (χ0v) is 13.1. The molecule has 1 heterocycles. The molecular weight excluding hydrogens is 288 g/mol. The SMILES string of the molecule is O=C(c1ccc2ccccc2c1)N1CCN(C(=O)C2CC2)CC1. The van der Waals surface area contributed by atoms with E-state index in [1.165, 1.54) is 0 Å². The first kappa shape index (κ1) is 14.2. The molecule has 0 spiro atoms. The van der Waals surface area contributed by atoms with Gasteiger partial charge in [-0.1, -0.05) is 30.3 Å². The van der Waals surface area contributed by atoms with Gasteiger partial charge >= 0.3 is 0 Å². The summed E-state index contributed by atoms with van der Waals surface area (Å²) in [7, 11) is 0. The summed E-state index contributed by atoms with van der Waals surface area (Å²) < 4.78 is 0. The first-order valence-electron chi connectivity index (χ1n) is 8.29. The number of carbonyl (C=O) groups is 2. The van der Waals surface area contributed by atoms with Crippen LogP contribution in [-0.4, -0.2) is 47.8 Å². The lowest BCUT2D eigenvalue weighted by atomic mass is 10.1. The highest BCUT2D eigenvalue weighted by Crippen LogP contribution is 2.31. The molecule has 2 aliphatic rings. The average molecular weight is 308 g/mol. The van der Waals surface area contributed by atoms with Gasteiger partial charge in [-0.25, -0.2) is 0 Å². The number of hydrogen-bond donors (Lipinski definition) is 0. The van der Waals surface area contributed by atoms with Gasteiger partial charge < -0.3 is 9.80 Å². The van der Waals surface area contributed by atoms with Crippen LogP contribution in [0.25, 0.3) is 10.8 Å². The van der Waals surface area contributed by atoms with E-state index in [-0.39, 0.29) is 17.7 Å². The monoisotopic (exact) mass is 308 g/mol. The molecule has 0 atom stereocenters. The summed E-state index contributed by atoms with van der Waals surface area (Å²) in [6, 6.07) is 13.9. The van der Waals surface area contributed by atoms with Crippen molar-refractivity contribution in [3.63, 3.8) is 0 Å². The van der Waals surface area contributed by atoms with Crippen LogP contribution < -0.4 is 0 Å². The Kier molecular flexibility index (Phi) is 3.52. The molecule has 118 valence electrons. The van der Waals surface area contributed by atoms with Gasteiger partial charge in [-0.05, 0) is 35.7 Å². The van der Waals surface area contributed by atoms with Crippen molar-refractivity contribution in [3.05, 3.63) is 48.0 Å². The summed E-state index contributed by atoms with van der Waals surface area (Å²) in [5.41, 5.74) is 0.727. The Morgan fingerprint density at radius 2 is 1.48 bits per heavy atom. The van der Waals surface area contributed by atoms with E-state index in [0.717, 1.165) is 29.2 Å². The number of hydrogen-bond acceptors (Lipinski definition) is 2. The van der Waals surface area contributed by atoms with Gasteiger partial charge in [0.2, 0.25) is 5.91 Å². The minimum atomic E-state index is 0.0641. The smallest absolute Gasteiger partial charge is 0.253 e. The molecule has 1 aliphatic carbocycles. The Labute approximate surface area is 135 Å². The number of piperazine rings is 1. The average Bonchev–Trinajstić information content (AvgIpc) is 3.45. The van der Waals surface area contributed by atoms with E-state index in [4.69, 9.17) is 0 Å². The summed E-state index contributed by atoms with van der Waals surface area (Å²) in [4.78, 5) is 28.5. The van der Waals surface area contributed by atoms with Crippen molar-refractivity contribution in [1.29, 1.82) is 0 Å². The number of amides is 2. The van der Waals surface area contributed by atoms with Crippen LogP contribution in [0.4, 0.5) is 0 Å². The van der Waals surface area contributed by atoms with E-state index in [0.29, 0.717) is 26.2 Å². The van der Waals surface area contributed by atoms with E-state index in [1.54, 1.807) is 0 Å². The minimum absolute atomic E-state index is 0.0641. The van der Waals surface area contributed by atoms with Gasteiger partial charge in [0.15, 0.2) is 0 Å². The number of rotatable bonds is 2. The van der Waals surface area contributed by atoms with Gasteiger partial charge in [-0.3, -0.25) is 9.59 Å². The van der Waals surface area contributed by atoms with Crippen LogP contribution in [0.3, 0.4) is 0 Å². The molecule has 2 fully saturated rings. The van der Waals surface area contributed by atoms with Crippen molar-refractivity contribution in [2.45, 2.75) is 12.8 Å². The van der Waals surface area contributed by atoms with E-state index in [9.17, 15) is 9.59 Å². The van der Waals surface area contributed by atoms with Gasteiger partial charge in [-0.15, -0.1) is 0 Å². The van der Waals surface area contributed by atoms with E-state index < -0.39 is 0 Å². The van der Waals surface area contributed by atoms with Crippen molar-refractivity contribution in [2.75, 3.05) is 26.2 Å². The molecule has 23 heavy (non-hydrogen) atoms. The minimum Gasteiger partial charge on any atom is -0.339 e. The molecule has 2 aromatic rings. The molecular formula is C19H20N2O2. The van der Waals surface area contributed by atoms with Crippen molar-refractivity contribution < 1.29 is 9.59 Å². The Bertz CT molecular complexity index is 759. The Balaban J connectivity index is 1.45. The summed E-state index contributed by atoms with van der Waals surface area (Å²) in [5, 5.41) is 2.23. The van der Waals surface area contributed by atoms with Gasteiger partial charge in [-0.2, -0.15) is 0 Å². The summed E-state index contributed by atoms with van der Waals surface area (Å²) in [6.07, 6.45) is 2.07. The predicted octanol–water partition coefficient (Wildman–Crippen LogP) is 2.53. The second-order valence-corrected chi connectivity index (χ2v) is 6.45. The summed E-state index contributed by atoms with van der Waals surface area (Å²) in [5.74, 6) is 0.606. The Morgan fingerprint density at radius 3 is 2.17 bits per heavy atom. The number of benzene rings is 2. The van der Waals surface area contributed by atoms with Gasteiger partial charge in [0.1, 0.15) is 0 Å². The molecule has 2 aromatic carbocycles. The molecule has 0 radical (unpaired) electrons. The highest BCUT2D eigenvalue weighted by molar-refractivity contribution is 5.98. The second kappa shape index (κ2) is 5.69. The first-order valence-corrected chi connectivity index (χ1v) is 8.29. The predicted molar refractivity (Wildman–Crippen MR) is 89.2 cm³/mol. The third kappa shape index (κ3) is 2.81. The van der Waals surface area contributed by atoms with Crippen LogP contribution in [0.5, 0.6) is 0 Å². The largest absolute Gasteiger partial charge is 0.339 e. The highest BCUT2D eigenvalue weighted by atomic mass is 16.2. The third-order valence-electron chi connectivity index (χ3n) is 4.80. The molecule has 0 N–H and O–H groups in total. The Hall–Kier alpha value is -2.36. The molecule has 0 unspecified atom stereocenters. The van der Waals surface area contributed by atoms with Gasteiger partial charge in [0.25, 0.3) is 5.91 Å². The maximum Gasteiger partial charge on any atom is 0.253 e. The zero-order chi connectivity index (χ0) is 15.8. The normalized spacial score (nSPS) is 18.3. The molecule has 4 nitrogen and oxygen atoms in total.